The summed E-state index contributed by atoms with van der Waals surface area (Å²) in [5.74, 6) is 0.977. The van der Waals surface area contributed by atoms with Crippen LogP contribution in [0.5, 0.6) is 5.75 Å². The molecular formula is C30H48N6O4S. The number of rotatable bonds is 9. The van der Waals surface area contributed by atoms with E-state index in [9.17, 15) is 13.2 Å². The van der Waals surface area contributed by atoms with Crippen LogP contribution in [0.15, 0.2) is 6.07 Å². The van der Waals surface area contributed by atoms with Crippen LogP contribution in [0.1, 0.15) is 75.2 Å². The number of hydrogen-bond acceptors (Lipinski definition) is 7. The van der Waals surface area contributed by atoms with E-state index in [1.165, 1.54) is 4.31 Å². The maximum absolute atomic E-state index is 12.9. The molecule has 11 heteroatoms. The molecule has 1 atom stereocenters. The number of ether oxygens (including phenoxy) is 1. The zero-order valence-electron chi connectivity index (χ0n) is 25.6. The van der Waals surface area contributed by atoms with E-state index in [-0.39, 0.29) is 17.9 Å². The minimum absolute atomic E-state index is 0.0117. The van der Waals surface area contributed by atoms with Gasteiger partial charge in [0.25, 0.3) is 16.1 Å². The van der Waals surface area contributed by atoms with Crippen molar-refractivity contribution in [1.82, 2.24) is 23.4 Å². The first-order valence-electron chi connectivity index (χ1n) is 15.2. The van der Waals surface area contributed by atoms with E-state index in [4.69, 9.17) is 10.00 Å². The summed E-state index contributed by atoms with van der Waals surface area (Å²) in [6.07, 6.45) is 8.49. The van der Waals surface area contributed by atoms with Gasteiger partial charge in [-0.3, -0.25) is 4.79 Å². The van der Waals surface area contributed by atoms with Crippen molar-refractivity contribution in [2.75, 3.05) is 60.0 Å². The third-order valence-corrected chi connectivity index (χ3v) is 11.7. The molecule has 4 rings (SSSR count). The number of pyridine rings is 1. The number of aryl methyl sites for hydroxylation is 2. The molecule has 3 aliphatic rings. The Morgan fingerprint density at radius 3 is 2.39 bits per heavy atom. The van der Waals surface area contributed by atoms with Crippen LogP contribution in [-0.4, -0.2) is 104 Å². The summed E-state index contributed by atoms with van der Waals surface area (Å²) in [7, 11) is -0.131. The van der Waals surface area contributed by atoms with E-state index in [0.717, 1.165) is 83.1 Å². The fraction of sp³-hybridized carbons (Fsp3) is 0.767. The summed E-state index contributed by atoms with van der Waals surface area (Å²) in [6.45, 7) is 10.7. The van der Waals surface area contributed by atoms with Gasteiger partial charge in [-0.2, -0.15) is 22.3 Å². The Morgan fingerprint density at radius 2 is 1.80 bits per heavy atom. The van der Waals surface area contributed by atoms with Gasteiger partial charge in [0.15, 0.2) is 6.61 Å². The first-order chi connectivity index (χ1) is 19.5. The molecule has 1 spiro atoms. The molecule has 0 saturated carbocycles. The molecule has 10 nitrogen and oxygen atoms in total. The molecule has 3 aliphatic heterocycles. The normalized spacial score (nSPS) is 22.7. The van der Waals surface area contributed by atoms with Crippen molar-refractivity contribution in [3.8, 4) is 11.8 Å². The SMILES string of the molecule is CCCCC1CN(S(=O)(=O)N(C)C)CCC12CCN(C1CCN(C(=O)COc3c(C)cc(C#N)nc3C)CC1)CC2. The minimum atomic E-state index is -3.38. The van der Waals surface area contributed by atoms with Gasteiger partial charge in [0.1, 0.15) is 17.5 Å². The van der Waals surface area contributed by atoms with E-state index < -0.39 is 10.2 Å². The predicted molar refractivity (Wildman–Crippen MR) is 159 cm³/mol. The third kappa shape index (κ3) is 7.04. The van der Waals surface area contributed by atoms with Gasteiger partial charge in [-0.25, -0.2) is 4.98 Å². The van der Waals surface area contributed by atoms with Crippen LogP contribution in [0.2, 0.25) is 0 Å². The molecule has 4 heterocycles. The molecule has 0 radical (unpaired) electrons. The second kappa shape index (κ2) is 13.4. The number of carbonyl (C=O) groups excluding carboxylic acids is 1. The summed E-state index contributed by atoms with van der Waals surface area (Å²) in [5, 5.41) is 9.10. The van der Waals surface area contributed by atoms with E-state index in [1.54, 1.807) is 31.4 Å². The zero-order valence-corrected chi connectivity index (χ0v) is 26.4. The minimum Gasteiger partial charge on any atom is -0.482 e. The van der Waals surface area contributed by atoms with Crippen molar-refractivity contribution in [2.24, 2.45) is 11.3 Å². The Labute approximate surface area is 246 Å². The van der Waals surface area contributed by atoms with Gasteiger partial charge < -0.3 is 14.5 Å². The molecule has 1 aromatic rings. The highest BCUT2D eigenvalue weighted by Gasteiger charge is 2.47. The monoisotopic (exact) mass is 588 g/mol. The van der Waals surface area contributed by atoms with Crippen molar-refractivity contribution in [2.45, 2.75) is 78.2 Å². The Balaban J connectivity index is 1.28. The van der Waals surface area contributed by atoms with Crippen LogP contribution >= 0.6 is 0 Å². The molecule has 0 N–H and O–H groups in total. The van der Waals surface area contributed by atoms with Crippen LogP contribution in [0.25, 0.3) is 0 Å². The number of carbonyl (C=O) groups is 1. The van der Waals surface area contributed by atoms with Gasteiger partial charge >= 0.3 is 0 Å². The molecule has 228 valence electrons. The third-order valence-electron chi connectivity index (χ3n) is 9.75. The molecule has 1 unspecified atom stereocenters. The van der Waals surface area contributed by atoms with Crippen molar-refractivity contribution in [3.05, 3.63) is 23.0 Å². The number of likely N-dealkylation sites (tertiary alicyclic amines) is 2. The van der Waals surface area contributed by atoms with E-state index in [1.807, 2.05) is 17.9 Å². The Morgan fingerprint density at radius 1 is 1.15 bits per heavy atom. The summed E-state index contributed by atoms with van der Waals surface area (Å²) in [5.41, 5.74) is 2.01. The van der Waals surface area contributed by atoms with E-state index in [0.29, 0.717) is 42.2 Å². The first-order valence-corrected chi connectivity index (χ1v) is 16.6. The highest BCUT2D eigenvalue weighted by atomic mass is 32.2. The summed E-state index contributed by atoms with van der Waals surface area (Å²) < 4.78 is 34.6. The Hall–Kier alpha value is -2.26. The lowest BCUT2D eigenvalue weighted by molar-refractivity contribution is -0.135. The standard InChI is InChI=1S/C30H48N6O4S/c1-6-7-8-25-21-36(41(38,39)33(4)5)18-13-30(25)11-16-34(17-12-30)27-9-14-35(15-10-27)28(37)22-40-29-23(2)19-26(20-31)32-24(29)3/h19,25,27H,6-18,21-22H2,1-5H3. The number of aromatic nitrogens is 1. The lowest BCUT2D eigenvalue weighted by Gasteiger charge is -2.53. The fourth-order valence-corrected chi connectivity index (χ4v) is 8.32. The van der Waals surface area contributed by atoms with E-state index in [2.05, 4.69) is 16.8 Å². The number of nitrogens with zero attached hydrogens (tertiary/aromatic N) is 6. The van der Waals surface area contributed by atoms with Crippen molar-refractivity contribution in [3.63, 3.8) is 0 Å². The topological polar surface area (TPSA) is 110 Å². The molecule has 3 fully saturated rings. The van der Waals surface area contributed by atoms with Crippen LogP contribution in [-0.2, 0) is 15.0 Å². The molecule has 41 heavy (non-hydrogen) atoms. The van der Waals surface area contributed by atoms with Crippen molar-refractivity contribution in [1.29, 1.82) is 5.26 Å². The first kappa shape index (κ1) is 31.7. The van der Waals surface area contributed by atoms with Crippen LogP contribution in [0.3, 0.4) is 0 Å². The Kier molecular flexibility index (Phi) is 10.3. The smallest absolute Gasteiger partial charge is 0.281 e. The van der Waals surface area contributed by atoms with Gasteiger partial charge in [-0.05, 0) is 88.4 Å². The summed E-state index contributed by atoms with van der Waals surface area (Å²) in [4.78, 5) is 21.7. The average Bonchev–Trinajstić information content (AvgIpc) is 2.96. The molecule has 0 bridgehead atoms. The number of nitriles is 1. The molecule has 1 amide bonds. The second-order valence-corrected chi connectivity index (χ2v) is 14.5. The van der Waals surface area contributed by atoms with Crippen LogP contribution in [0.4, 0.5) is 0 Å². The fourth-order valence-electron chi connectivity index (χ4n) is 7.16. The molecule has 0 aliphatic carbocycles. The van der Waals surface area contributed by atoms with Crippen molar-refractivity contribution >= 4 is 16.1 Å². The molecule has 3 saturated heterocycles. The van der Waals surface area contributed by atoms with Gasteiger partial charge in [0.05, 0.1) is 5.69 Å². The van der Waals surface area contributed by atoms with Gasteiger partial charge in [-0.1, -0.05) is 19.8 Å². The summed E-state index contributed by atoms with van der Waals surface area (Å²) >= 11 is 0. The Bertz CT molecular complexity index is 1190. The van der Waals surface area contributed by atoms with Crippen LogP contribution in [0, 0.1) is 36.5 Å². The van der Waals surface area contributed by atoms with Gasteiger partial charge in [-0.15, -0.1) is 0 Å². The molecule has 1 aromatic heterocycles. The maximum Gasteiger partial charge on any atom is 0.281 e. The number of amides is 1. The highest BCUT2D eigenvalue weighted by Crippen LogP contribution is 2.48. The van der Waals surface area contributed by atoms with Gasteiger partial charge in [0, 0.05) is 46.3 Å². The predicted octanol–water partition coefficient (Wildman–Crippen LogP) is 3.34. The largest absolute Gasteiger partial charge is 0.482 e. The number of hydrogen-bond donors (Lipinski definition) is 0. The number of unbranched alkanes of at least 4 members (excludes halogenated alkanes) is 1. The van der Waals surface area contributed by atoms with Crippen molar-refractivity contribution < 1.29 is 17.9 Å². The summed E-state index contributed by atoms with van der Waals surface area (Å²) in [6, 6.07) is 4.21. The average molecular weight is 589 g/mol. The van der Waals surface area contributed by atoms with Gasteiger partial charge in [0.2, 0.25) is 0 Å². The lowest BCUT2D eigenvalue weighted by atomic mass is 9.63. The zero-order chi connectivity index (χ0) is 29.8. The second-order valence-electron chi connectivity index (χ2n) is 12.4. The quantitative estimate of drug-likeness (QED) is 0.435. The molecular weight excluding hydrogens is 540 g/mol. The van der Waals surface area contributed by atoms with Crippen LogP contribution < -0.4 is 4.74 Å². The van der Waals surface area contributed by atoms with E-state index >= 15 is 0 Å². The number of piperidine rings is 3. The lowest BCUT2D eigenvalue weighted by Crippen LogP contribution is -2.57. The highest BCUT2D eigenvalue weighted by molar-refractivity contribution is 7.86. The molecule has 0 aromatic carbocycles. The maximum atomic E-state index is 12.9.